The molecule has 0 saturated heterocycles. The van der Waals surface area contributed by atoms with Crippen molar-refractivity contribution in [2.45, 2.75) is 6.92 Å². The minimum Gasteiger partial charge on any atom is -0.495 e. The molecule has 5 heteroatoms. The van der Waals surface area contributed by atoms with Gasteiger partial charge in [-0.3, -0.25) is 0 Å². The maximum absolute atomic E-state index is 5.25. The Kier molecular flexibility index (Phi) is 4.24. The summed E-state index contributed by atoms with van der Waals surface area (Å²) in [6.45, 7) is 2.00. The smallest absolute Gasteiger partial charge is 0.144 e. The fraction of sp³-hybridized carbons (Fsp3) is 0.154. The fourth-order valence-electron chi connectivity index (χ4n) is 1.50. The van der Waals surface area contributed by atoms with Gasteiger partial charge >= 0.3 is 0 Å². The Hall–Kier alpha value is -1.07. The molecule has 0 spiro atoms. The maximum atomic E-state index is 5.25. The summed E-state index contributed by atoms with van der Waals surface area (Å²) >= 11 is 6.91. The third-order valence-corrected chi connectivity index (χ3v) is 3.65. The average molecular weight is 372 g/mol. The van der Waals surface area contributed by atoms with E-state index in [1.54, 1.807) is 7.11 Å². The van der Waals surface area contributed by atoms with Crippen molar-refractivity contribution in [2.75, 3.05) is 12.4 Å². The number of hydrogen-bond donors (Lipinski definition) is 1. The summed E-state index contributed by atoms with van der Waals surface area (Å²) in [6.07, 6.45) is 1.82. The van der Waals surface area contributed by atoms with Gasteiger partial charge in [-0.15, -0.1) is 0 Å². The maximum Gasteiger partial charge on any atom is 0.144 e. The monoisotopic (exact) mass is 370 g/mol. The van der Waals surface area contributed by atoms with E-state index in [9.17, 15) is 0 Å². The molecule has 0 unspecified atom stereocenters. The second kappa shape index (κ2) is 5.71. The third kappa shape index (κ3) is 3.03. The van der Waals surface area contributed by atoms with Gasteiger partial charge in [-0.1, -0.05) is 0 Å². The first-order valence-corrected chi connectivity index (χ1v) is 6.91. The van der Waals surface area contributed by atoms with Gasteiger partial charge in [0.2, 0.25) is 0 Å². The molecule has 1 aromatic carbocycles. The number of rotatable bonds is 3. The summed E-state index contributed by atoms with van der Waals surface area (Å²) in [7, 11) is 1.64. The number of aryl methyl sites for hydroxylation is 1. The van der Waals surface area contributed by atoms with Gasteiger partial charge in [-0.2, -0.15) is 0 Å². The number of hydrogen-bond acceptors (Lipinski definition) is 3. The second-order valence-corrected chi connectivity index (χ2v) is 5.53. The van der Waals surface area contributed by atoms with Crippen molar-refractivity contribution in [3.05, 3.63) is 45.0 Å². The van der Waals surface area contributed by atoms with Gasteiger partial charge in [0, 0.05) is 18.0 Å². The van der Waals surface area contributed by atoms with Crippen LogP contribution in [0.3, 0.4) is 0 Å². The van der Waals surface area contributed by atoms with Crippen molar-refractivity contribution in [3.8, 4) is 5.75 Å². The average Bonchev–Trinajstić information content (AvgIpc) is 2.35. The molecule has 1 aromatic heterocycles. The molecule has 0 aliphatic carbocycles. The molecular formula is C13H12Br2N2O. The van der Waals surface area contributed by atoms with Crippen molar-refractivity contribution in [1.29, 1.82) is 0 Å². The number of pyridine rings is 1. The van der Waals surface area contributed by atoms with Gasteiger partial charge in [0.25, 0.3) is 0 Å². The number of nitrogens with zero attached hydrogens (tertiary/aromatic N) is 1. The van der Waals surface area contributed by atoms with Crippen LogP contribution in [0.1, 0.15) is 5.56 Å². The minimum absolute atomic E-state index is 0.781. The van der Waals surface area contributed by atoms with Crippen LogP contribution in [0.4, 0.5) is 11.5 Å². The molecule has 3 nitrogen and oxygen atoms in total. The zero-order valence-corrected chi connectivity index (χ0v) is 13.2. The summed E-state index contributed by atoms with van der Waals surface area (Å²) in [5, 5.41) is 3.24. The van der Waals surface area contributed by atoms with Gasteiger partial charge in [-0.25, -0.2) is 4.98 Å². The molecule has 1 heterocycles. The number of nitrogens with one attached hydrogen (secondary N) is 1. The highest BCUT2D eigenvalue weighted by Gasteiger charge is 2.05. The summed E-state index contributed by atoms with van der Waals surface area (Å²) in [5.41, 5.74) is 2.04. The lowest BCUT2D eigenvalue weighted by atomic mass is 10.3. The first-order chi connectivity index (χ1) is 8.60. The van der Waals surface area contributed by atoms with Crippen LogP contribution < -0.4 is 10.1 Å². The molecule has 0 radical (unpaired) electrons. The molecule has 18 heavy (non-hydrogen) atoms. The molecule has 0 amide bonds. The Morgan fingerprint density at radius 3 is 2.61 bits per heavy atom. The lowest BCUT2D eigenvalue weighted by Crippen LogP contribution is -1.96. The zero-order valence-electron chi connectivity index (χ0n) is 10.00. The summed E-state index contributed by atoms with van der Waals surface area (Å²) in [5.74, 6) is 1.56. The van der Waals surface area contributed by atoms with Crippen LogP contribution >= 0.6 is 31.9 Å². The van der Waals surface area contributed by atoms with E-state index < -0.39 is 0 Å². The molecule has 0 bridgehead atoms. The van der Waals surface area contributed by atoms with Crippen molar-refractivity contribution in [1.82, 2.24) is 4.98 Å². The van der Waals surface area contributed by atoms with Crippen LogP contribution in [0.2, 0.25) is 0 Å². The molecule has 0 fully saturated rings. The topological polar surface area (TPSA) is 34.1 Å². The number of ether oxygens (including phenoxy) is 1. The van der Waals surface area contributed by atoms with Crippen LogP contribution in [-0.4, -0.2) is 12.1 Å². The Morgan fingerprint density at radius 1 is 1.17 bits per heavy atom. The number of aromatic nitrogens is 1. The molecule has 94 valence electrons. The molecule has 0 aliphatic heterocycles. The number of anilines is 2. The van der Waals surface area contributed by atoms with E-state index in [4.69, 9.17) is 4.74 Å². The number of benzene rings is 1. The van der Waals surface area contributed by atoms with Crippen molar-refractivity contribution in [3.63, 3.8) is 0 Å². The SMILES string of the molecule is COc1cc(Nc2ncc(C)cc2Br)ccc1Br. The third-order valence-electron chi connectivity index (χ3n) is 2.39. The van der Waals surface area contributed by atoms with E-state index in [-0.39, 0.29) is 0 Å². The summed E-state index contributed by atoms with van der Waals surface area (Å²) in [4.78, 5) is 4.34. The van der Waals surface area contributed by atoms with Gasteiger partial charge in [0.05, 0.1) is 16.1 Å². The lowest BCUT2D eigenvalue weighted by Gasteiger charge is -2.10. The molecule has 2 aromatic rings. The second-order valence-electron chi connectivity index (χ2n) is 3.82. The van der Waals surface area contributed by atoms with E-state index in [2.05, 4.69) is 42.2 Å². The van der Waals surface area contributed by atoms with Crippen LogP contribution in [0.5, 0.6) is 5.75 Å². The fourth-order valence-corrected chi connectivity index (χ4v) is 2.47. The molecule has 0 aliphatic rings. The lowest BCUT2D eigenvalue weighted by molar-refractivity contribution is 0.412. The molecule has 2 rings (SSSR count). The Balaban J connectivity index is 2.28. The Bertz CT molecular complexity index is 573. The molecule has 0 atom stereocenters. The molecule has 1 N–H and O–H groups in total. The standard InChI is InChI=1S/C13H12Br2N2O/c1-8-5-11(15)13(16-7-8)17-9-3-4-10(14)12(6-9)18-2/h3-7H,1-2H3,(H,16,17). The number of halogens is 2. The van der Waals surface area contributed by atoms with Crippen LogP contribution in [0.25, 0.3) is 0 Å². The predicted molar refractivity (Wildman–Crippen MR) is 80.7 cm³/mol. The van der Waals surface area contributed by atoms with Crippen LogP contribution in [0, 0.1) is 6.92 Å². The van der Waals surface area contributed by atoms with Crippen molar-refractivity contribution in [2.24, 2.45) is 0 Å². The largest absolute Gasteiger partial charge is 0.495 e. The quantitative estimate of drug-likeness (QED) is 0.851. The van der Waals surface area contributed by atoms with E-state index in [0.717, 1.165) is 31.8 Å². The first kappa shape index (κ1) is 13.4. The van der Waals surface area contributed by atoms with E-state index in [0.29, 0.717) is 0 Å². The van der Waals surface area contributed by atoms with Crippen molar-refractivity contribution >= 4 is 43.4 Å². The predicted octanol–water partition coefficient (Wildman–Crippen LogP) is 4.67. The molecule has 0 saturated carbocycles. The van der Waals surface area contributed by atoms with Crippen LogP contribution in [0.15, 0.2) is 39.4 Å². The van der Waals surface area contributed by atoms with E-state index in [1.807, 2.05) is 37.4 Å². The van der Waals surface area contributed by atoms with Crippen molar-refractivity contribution < 1.29 is 4.74 Å². The van der Waals surface area contributed by atoms with E-state index in [1.165, 1.54) is 0 Å². The van der Waals surface area contributed by atoms with Gasteiger partial charge in [-0.05, 0) is 62.5 Å². The highest BCUT2D eigenvalue weighted by molar-refractivity contribution is 9.11. The highest BCUT2D eigenvalue weighted by atomic mass is 79.9. The summed E-state index contributed by atoms with van der Waals surface area (Å²) in [6, 6.07) is 7.83. The Labute approximate surface area is 123 Å². The normalized spacial score (nSPS) is 10.2. The minimum atomic E-state index is 0.781. The highest BCUT2D eigenvalue weighted by Crippen LogP contribution is 2.30. The van der Waals surface area contributed by atoms with Crippen LogP contribution in [-0.2, 0) is 0 Å². The zero-order chi connectivity index (χ0) is 13.1. The summed E-state index contributed by atoms with van der Waals surface area (Å²) < 4.78 is 7.11. The van der Waals surface area contributed by atoms with E-state index >= 15 is 0 Å². The molecular weight excluding hydrogens is 360 g/mol. The Morgan fingerprint density at radius 2 is 1.94 bits per heavy atom. The van der Waals surface area contributed by atoms with Gasteiger partial charge in [0.1, 0.15) is 11.6 Å². The van der Waals surface area contributed by atoms with Gasteiger partial charge in [0.15, 0.2) is 0 Å². The number of methoxy groups -OCH3 is 1. The van der Waals surface area contributed by atoms with Gasteiger partial charge < -0.3 is 10.1 Å². The first-order valence-electron chi connectivity index (χ1n) is 5.33.